The van der Waals surface area contributed by atoms with Crippen LogP contribution in [0.25, 0.3) is 0 Å². The summed E-state index contributed by atoms with van der Waals surface area (Å²) in [6, 6.07) is 10.5. The number of amides is 1. The summed E-state index contributed by atoms with van der Waals surface area (Å²) in [4.78, 5) is 12.1. The highest BCUT2D eigenvalue weighted by atomic mass is 35.5. The Labute approximate surface area is 152 Å². The second-order valence-corrected chi connectivity index (χ2v) is 7.43. The molecule has 7 heteroatoms. The molecule has 1 aliphatic rings. The van der Waals surface area contributed by atoms with Gasteiger partial charge >= 0.3 is 0 Å². The number of nitrogens with one attached hydrogen (secondary N) is 2. The van der Waals surface area contributed by atoms with E-state index in [1.54, 1.807) is 0 Å². The number of benzene rings is 1. The van der Waals surface area contributed by atoms with Crippen LogP contribution in [0.1, 0.15) is 43.7 Å². The van der Waals surface area contributed by atoms with E-state index in [-0.39, 0.29) is 23.7 Å². The van der Waals surface area contributed by atoms with E-state index in [1.807, 2.05) is 18.2 Å². The predicted molar refractivity (Wildman–Crippen MR) is 100.0 cm³/mol. The molecule has 0 aliphatic carbocycles. The van der Waals surface area contributed by atoms with Gasteiger partial charge in [-0.1, -0.05) is 41.7 Å². The Hall–Kier alpha value is -1.50. The van der Waals surface area contributed by atoms with E-state index >= 15 is 0 Å². The summed E-state index contributed by atoms with van der Waals surface area (Å²) in [5, 5.41) is 16.1. The Bertz CT molecular complexity index is 668. The fraction of sp³-hybridized carbons (Fsp3) is 0.471. The summed E-state index contributed by atoms with van der Waals surface area (Å²) in [6.45, 7) is 5.25. The number of carbonyl (C=O) groups excluding carboxylic acids is 1. The van der Waals surface area contributed by atoms with Crippen molar-refractivity contribution < 1.29 is 4.79 Å². The lowest BCUT2D eigenvalue weighted by Crippen LogP contribution is -2.27. The highest BCUT2D eigenvalue weighted by Crippen LogP contribution is 2.34. The molecule has 0 saturated carbocycles. The second kappa shape index (κ2) is 8.05. The minimum atomic E-state index is -0.227. The van der Waals surface area contributed by atoms with Gasteiger partial charge in [0, 0.05) is 17.9 Å². The normalized spacial score (nSPS) is 17.3. The molecular weight excluding hydrogens is 344 g/mol. The molecule has 130 valence electrons. The Morgan fingerprint density at radius 2 is 2.08 bits per heavy atom. The number of rotatable bonds is 5. The van der Waals surface area contributed by atoms with Crippen molar-refractivity contribution in [3.05, 3.63) is 40.9 Å². The first-order chi connectivity index (χ1) is 11.1. The maximum absolute atomic E-state index is 12.1. The monoisotopic (exact) mass is 366 g/mol. The third-order valence-corrected chi connectivity index (χ3v) is 5.46. The number of aromatic nitrogens is 2. The van der Waals surface area contributed by atoms with Gasteiger partial charge in [0.25, 0.3) is 0 Å². The second-order valence-electron chi connectivity index (χ2n) is 6.45. The van der Waals surface area contributed by atoms with E-state index in [0.29, 0.717) is 17.6 Å². The van der Waals surface area contributed by atoms with Crippen LogP contribution in [-0.4, -0.2) is 28.7 Å². The van der Waals surface area contributed by atoms with Gasteiger partial charge in [0.05, 0.1) is 0 Å². The Kier molecular flexibility index (Phi) is 6.32. The smallest absolute Gasteiger partial charge is 0.227 e. The van der Waals surface area contributed by atoms with E-state index in [4.69, 9.17) is 0 Å². The van der Waals surface area contributed by atoms with E-state index in [0.717, 1.165) is 24.4 Å². The van der Waals surface area contributed by atoms with E-state index in [1.165, 1.54) is 16.9 Å². The van der Waals surface area contributed by atoms with Gasteiger partial charge in [-0.15, -0.1) is 22.6 Å². The molecule has 5 nitrogen and oxygen atoms in total. The molecule has 1 saturated heterocycles. The zero-order valence-corrected chi connectivity index (χ0v) is 15.5. The molecule has 1 aromatic carbocycles. The van der Waals surface area contributed by atoms with Gasteiger partial charge < -0.3 is 10.6 Å². The summed E-state index contributed by atoms with van der Waals surface area (Å²) in [5.41, 5.74) is 0.957. The van der Waals surface area contributed by atoms with Gasteiger partial charge in [0.1, 0.15) is 5.01 Å². The quantitative estimate of drug-likeness (QED) is 0.851. The third kappa shape index (κ3) is 4.32. The van der Waals surface area contributed by atoms with Crippen molar-refractivity contribution >= 4 is 34.8 Å². The summed E-state index contributed by atoms with van der Waals surface area (Å²) < 4.78 is 0. The molecule has 0 radical (unpaired) electrons. The Morgan fingerprint density at radius 3 is 2.75 bits per heavy atom. The lowest BCUT2D eigenvalue weighted by atomic mass is 9.85. The predicted octanol–water partition coefficient (Wildman–Crippen LogP) is 3.37. The highest BCUT2D eigenvalue weighted by Gasteiger charge is 2.28. The molecule has 3 rings (SSSR count). The lowest BCUT2D eigenvalue weighted by Gasteiger charge is -2.21. The first-order valence-corrected chi connectivity index (χ1v) is 8.80. The number of hydrogen-bond donors (Lipinski definition) is 2. The number of nitrogens with zero attached hydrogens (tertiary/aromatic N) is 2. The van der Waals surface area contributed by atoms with Crippen LogP contribution in [0.15, 0.2) is 30.3 Å². The van der Waals surface area contributed by atoms with Crippen LogP contribution in [0, 0.1) is 0 Å². The fourth-order valence-electron chi connectivity index (χ4n) is 2.83. The molecule has 1 aromatic heterocycles. The first kappa shape index (κ1) is 18.8. The molecular formula is C17H23ClN4OS. The van der Waals surface area contributed by atoms with Crippen molar-refractivity contribution in [2.45, 2.75) is 44.6 Å². The molecule has 0 spiro atoms. The first-order valence-electron chi connectivity index (χ1n) is 7.98. The average Bonchev–Trinajstić information content (AvgIpc) is 3.20. The molecule has 24 heavy (non-hydrogen) atoms. The van der Waals surface area contributed by atoms with Crippen LogP contribution in [0.4, 0.5) is 5.13 Å². The van der Waals surface area contributed by atoms with Gasteiger partial charge in [0.15, 0.2) is 0 Å². The lowest BCUT2D eigenvalue weighted by molar-refractivity contribution is -0.116. The van der Waals surface area contributed by atoms with Crippen molar-refractivity contribution in [1.29, 1.82) is 0 Å². The summed E-state index contributed by atoms with van der Waals surface area (Å²) in [6.07, 6.45) is 2.71. The maximum atomic E-state index is 12.1. The number of hydrogen-bond acceptors (Lipinski definition) is 5. The van der Waals surface area contributed by atoms with Gasteiger partial charge in [-0.25, -0.2) is 0 Å². The van der Waals surface area contributed by atoms with Crippen molar-refractivity contribution in [3.63, 3.8) is 0 Å². The topological polar surface area (TPSA) is 66.9 Å². The summed E-state index contributed by atoms with van der Waals surface area (Å²) in [5.74, 6) is 0.00428. The highest BCUT2D eigenvalue weighted by molar-refractivity contribution is 7.15. The fourth-order valence-corrected chi connectivity index (χ4v) is 3.71. The Balaban J connectivity index is 0.00000208. The van der Waals surface area contributed by atoms with Gasteiger partial charge in [-0.2, -0.15) is 0 Å². The number of halogens is 1. The molecule has 2 N–H and O–H groups in total. The van der Waals surface area contributed by atoms with Crippen LogP contribution in [-0.2, 0) is 10.2 Å². The standard InChI is InChI=1S/C17H22N4OS.ClH/c1-17(2,12-7-4-3-5-8-12)15-20-21-16(23-15)19-14(22)11-13-9-6-10-18-13;/h3-5,7-8,13,18H,6,9-11H2,1-2H3,(H,19,21,22);1H. The third-order valence-electron chi connectivity index (χ3n) is 4.30. The number of anilines is 1. The van der Waals surface area contributed by atoms with Crippen molar-refractivity contribution in [2.24, 2.45) is 0 Å². The van der Waals surface area contributed by atoms with Crippen molar-refractivity contribution in [2.75, 3.05) is 11.9 Å². The molecule has 2 heterocycles. The van der Waals surface area contributed by atoms with Crippen LogP contribution in [0.2, 0.25) is 0 Å². The molecule has 2 aromatic rings. The SMILES string of the molecule is CC(C)(c1ccccc1)c1nnc(NC(=O)CC2CCCN2)s1.Cl. The summed E-state index contributed by atoms with van der Waals surface area (Å²) in [7, 11) is 0. The number of carbonyl (C=O) groups is 1. The zero-order valence-electron chi connectivity index (χ0n) is 13.9. The zero-order chi connectivity index (χ0) is 16.3. The Morgan fingerprint density at radius 1 is 1.33 bits per heavy atom. The van der Waals surface area contributed by atoms with E-state index in [2.05, 4.69) is 46.8 Å². The molecule has 1 atom stereocenters. The maximum Gasteiger partial charge on any atom is 0.227 e. The van der Waals surface area contributed by atoms with Crippen LogP contribution < -0.4 is 10.6 Å². The van der Waals surface area contributed by atoms with E-state index < -0.39 is 0 Å². The van der Waals surface area contributed by atoms with Crippen LogP contribution >= 0.6 is 23.7 Å². The van der Waals surface area contributed by atoms with Gasteiger partial charge in [-0.05, 0) is 38.8 Å². The van der Waals surface area contributed by atoms with Crippen LogP contribution in [0.5, 0.6) is 0 Å². The molecule has 1 unspecified atom stereocenters. The van der Waals surface area contributed by atoms with Gasteiger partial charge in [-0.3, -0.25) is 4.79 Å². The summed E-state index contributed by atoms with van der Waals surface area (Å²) >= 11 is 1.45. The minimum absolute atomic E-state index is 0. The average molecular weight is 367 g/mol. The van der Waals surface area contributed by atoms with Crippen molar-refractivity contribution in [1.82, 2.24) is 15.5 Å². The molecule has 0 bridgehead atoms. The van der Waals surface area contributed by atoms with E-state index in [9.17, 15) is 4.79 Å². The molecule has 1 fully saturated rings. The largest absolute Gasteiger partial charge is 0.313 e. The van der Waals surface area contributed by atoms with Gasteiger partial charge in [0.2, 0.25) is 11.0 Å². The van der Waals surface area contributed by atoms with Crippen molar-refractivity contribution in [3.8, 4) is 0 Å². The molecule has 1 aliphatic heterocycles. The minimum Gasteiger partial charge on any atom is -0.313 e. The molecule has 1 amide bonds. The van der Waals surface area contributed by atoms with Crippen LogP contribution in [0.3, 0.4) is 0 Å².